The molecule has 0 unspecified atom stereocenters. The summed E-state index contributed by atoms with van der Waals surface area (Å²) >= 11 is 0. The van der Waals surface area contributed by atoms with E-state index in [0.717, 1.165) is 24.8 Å². The number of rotatable bonds is 3. The standard InChI is InChI=1S/C8H10N2O/c1-2-3-8-7(6-11)4-5-9-10-8/h4-6H,2-3H2,1H3. The van der Waals surface area contributed by atoms with E-state index in [4.69, 9.17) is 0 Å². The van der Waals surface area contributed by atoms with Gasteiger partial charge in [-0.3, -0.25) is 4.79 Å². The van der Waals surface area contributed by atoms with Crippen molar-refractivity contribution >= 4 is 6.29 Å². The Bertz CT molecular complexity index is 248. The molecule has 1 rings (SSSR count). The van der Waals surface area contributed by atoms with E-state index >= 15 is 0 Å². The van der Waals surface area contributed by atoms with E-state index in [1.54, 1.807) is 6.07 Å². The predicted octanol–water partition coefficient (Wildman–Crippen LogP) is 1.24. The Morgan fingerprint density at radius 1 is 1.64 bits per heavy atom. The molecule has 0 N–H and O–H groups in total. The minimum Gasteiger partial charge on any atom is -0.298 e. The first-order chi connectivity index (χ1) is 5.38. The fourth-order valence-corrected chi connectivity index (χ4v) is 0.909. The molecule has 0 fully saturated rings. The maximum Gasteiger partial charge on any atom is 0.152 e. The number of hydrogen-bond donors (Lipinski definition) is 0. The van der Waals surface area contributed by atoms with Crippen molar-refractivity contribution in [1.29, 1.82) is 0 Å². The molecule has 0 saturated heterocycles. The van der Waals surface area contributed by atoms with E-state index in [1.807, 2.05) is 6.92 Å². The molecule has 0 aliphatic rings. The molecular formula is C8H10N2O. The number of carbonyl (C=O) groups excluding carboxylic acids is 1. The summed E-state index contributed by atoms with van der Waals surface area (Å²) in [4.78, 5) is 10.4. The van der Waals surface area contributed by atoms with Crippen LogP contribution >= 0.6 is 0 Å². The first-order valence-electron chi connectivity index (χ1n) is 3.64. The number of nitrogens with zero attached hydrogens (tertiary/aromatic N) is 2. The van der Waals surface area contributed by atoms with Crippen molar-refractivity contribution in [1.82, 2.24) is 10.2 Å². The van der Waals surface area contributed by atoms with Gasteiger partial charge in [0.15, 0.2) is 6.29 Å². The number of hydrogen-bond acceptors (Lipinski definition) is 3. The highest BCUT2D eigenvalue weighted by atomic mass is 16.1. The summed E-state index contributed by atoms with van der Waals surface area (Å²) in [5.74, 6) is 0. The van der Waals surface area contributed by atoms with Crippen LogP contribution in [0, 0.1) is 0 Å². The van der Waals surface area contributed by atoms with E-state index in [1.165, 1.54) is 6.20 Å². The first-order valence-corrected chi connectivity index (χ1v) is 3.64. The van der Waals surface area contributed by atoms with Crippen molar-refractivity contribution in [2.45, 2.75) is 19.8 Å². The fourth-order valence-electron chi connectivity index (χ4n) is 0.909. The molecule has 58 valence electrons. The Labute approximate surface area is 65.5 Å². The van der Waals surface area contributed by atoms with Crippen LogP contribution < -0.4 is 0 Å². The summed E-state index contributed by atoms with van der Waals surface area (Å²) in [5.41, 5.74) is 1.45. The lowest BCUT2D eigenvalue weighted by Gasteiger charge is -1.97. The van der Waals surface area contributed by atoms with Gasteiger partial charge in [0.2, 0.25) is 0 Å². The second kappa shape index (κ2) is 3.81. The lowest BCUT2D eigenvalue weighted by molar-refractivity contribution is 0.112. The smallest absolute Gasteiger partial charge is 0.152 e. The van der Waals surface area contributed by atoms with Gasteiger partial charge < -0.3 is 0 Å². The average molecular weight is 150 g/mol. The Balaban J connectivity index is 2.92. The summed E-state index contributed by atoms with van der Waals surface area (Å²) in [7, 11) is 0. The highest BCUT2D eigenvalue weighted by Gasteiger charge is 1.99. The van der Waals surface area contributed by atoms with Crippen molar-refractivity contribution in [3.63, 3.8) is 0 Å². The van der Waals surface area contributed by atoms with Gasteiger partial charge in [0.25, 0.3) is 0 Å². The van der Waals surface area contributed by atoms with Crippen molar-refractivity contribution in [3.05, 3.63) is 23.5 Å². The van der Waals surface area contributed by atoms with Crippen LogP contribution in [0.3, 0.4) is 0 Å². The van der Waals surface area contributed by atoms with Gasteiger partial charge in [0.05, 0.1) is 11.9 Å². The molecule has 0 atom stereocenters. The third-order valence-electron chi connectivity index (χ3n) is 1.45. The Morgan fingerprint density at radius 2 is 2.45 bits per heavy atom. The molecule has 0 saturated carbocycles. The second-order valence-corrected chi connectivity index (χ2v) is 2.30. The van der Waals surface area contributed by atoms with E-state index in [2.05, 4.69) is 10.2 Å². The van der Waals surface area contributed by atoms with Gasteiger partial charge in [-0.05, 0) is 12.5 Å². The molecule has 11 heavy (non-hydrogen) atoms. The molecule has 0 aromatic carbocycles. The summed E-state index contributed by atoms with van der Waals surface area (Å²) in [6.07, 6.45) is 4.16. The molecule has 0 amide bonds. The minimum absolute atomic E-state index is 0.654. The Kier molecular flexibility index (Phi) is 2.72. The van der Waals surface area contributed by atoms with Gasteiger partial charge >= 0.3 is 0 Å². The maximum atomic E-state index is 10.4. The topological polar surface area (TPSA) is 42.9 Å². The van der Waals surface area contributed by atoms with Crippen LogP contribution in [0.25, 0.3) is 0 Å². The second-order valence-electron chi connectivity index (χ2n) is 2.30. The van der Waals surface area contributed by atoms with Crippen molar-refractivity contribution in [3.8, 4) is 0 Å². The van der Waals surface area contributed by atoms with Crippen LogP contribution in [0.15, 0.2) is 12.3 Å². The highest BCUT2D eigenvalue weighted by molar-refractivity contribution is 5.75. The van der Waals surface area contributed by atoms with E-state index < -0.39 is 0 Å². The molecule has 0 aliphatic carbocycles. The van der Waals surface area contributed by atoms with Gasteiger partial charge in [-0.2, -0.15) is 10.2 Å². The van der Waals surface area contributed by atoms with E-state index in [0.29, 0.717) is 5.56 Å². The van der Waals surface area contributed by atoms with Crippen LogP contribution in [0.2, 0.25) is 0 Å². The molecular weight excluding hydrogens is 140 g/mol. The highest BCUT2D eigenvalue weighted by Crippen LogP contribution is 2.02. The zero-order valence-corrected chi connectivity index (χ0v) is 6.45. The molecule has 0 spiro atoms. The molecule has 1 heterocycles. The summed E-state index contributed by atoms with van der Waals surface area (Å²) < 4.78 is 0. The lowest BCUT2D eigenvalue weighted by atomic mass is 10.1. The van der Waals surface area contributed by atoms with Crippen LogP contribution in [0.1, 0.15) is 29.4 Å². The fraction of sp³-hybridized carbons (Fsp3) is 0.375. The molecule has 0 bridgehead atoms. The molecule has 1 aromatic rings. The van der Waals surface area contributed by atoms with E-state index in [-0.39, 0.29) is 0 Å². The zero-order chi connectivity index (χ0) is 8.10. The maximum absolute atomic E-state index is 10.4. The molecule has 1 aromatic heterocycles. The number of aryl methyl sites for hydroxylation is 1. The van der Waals surface area contributed by atoms with Gasteiger partial charge in [0.1, 0.15) is 0 Å². The third kappa shape index (κ3) is 1.83. The predicted molar refractivity (Wildman–Crippen MR) is 41.4 cm³/mol. The summed E-state index contributed by atoms with van der Waals surface area (Å²) in [6.45, 7) is 2.04. The quantitative estimate of drug-likeness (QED) is 0.609. The Morgan fingerprint density at radius 3 is 3.09 bits per heavy atom. The van der Waals surface area contributed by atoms with Gasteiger partial charge in [-0.15, -0.1) is 0 Å². The molecule has 3 heteroatoms. The largest absolute Gasteiger partial charge is 0.298 e. The SMILES string of the molecule is CCCc1nnccc1C=O. The molecule has 0 aliphatic heterocycles. The summed E-state index contributed by atoms with van der Waals surface area (Å²) in [5, 5.41) is 7.56. The number of aldehydes is 1. The first kappa shape index (κ1) is 7.85. The summed E-state index contributed by atoms with van der Waals surface area (Å²) in [6, 6.07) is 1.69. The van der Waals surface area contributed by atoms with Crippen molar-refractivity contribution < 1.29 is 4.79 Å². The van der Waals surface area contributed by atoms with Gasteiger partial charge in [-0.1, -0.05) is 13.3 Å². The van der Waals surface area contributed by atoms with Crippen LogP contribution in [-0.4, -0.2) is 16.5 Å². The monoisotopic (exact) mass is 150 g/mol. The third-order valence-corrected chi connectivity index (χ3v) is 1.45. The normalized spacial score (nSPS) is 9.55. The molecule has 0 radical (unpaired) electrons. The van der Waals surface area contributed by atoms with Crippen molar-refractivity contribution in [2.75, 3.05) is 0 Å². The minimum atomic E-state index is 0.654. The van der Waals surface area contributed by atoms with Gasteiger partial charge in [-0.25, -0.2) is 0 Å². The van der Waals surface area contributed by atoms with Crippen LogP contribution in [0.4, 0.5) is 0 Å². The Hall–Kier alpha value is -1.25. The van der Waals surface area contributed by atoms with Gasteiger partial charge in [0, 0.05) is 5.56 Å². The molecule has 3 nitrogen and oxygen atoms in total. The lowest BCUT2D eigenvalue weighted by Crippen LogP contribution is -1.97. The zero-order valence-electron chi connectivity index (χ0n) is 6.45. The number of aromatic nitrogens is 2. The average Bonchev–Trinajstić information content (AvgIpc) is 2.06. The van der Waals surface area contributed by atoms with E-state index in [9.17, 15) is 4.79 Å². The number of carbonyl (C=O) groups is 1. The van der Waals surface area contributed by atoms with Crippen LogP contribution in [0.5, 0.6) is 0 Å². The van der Waals surface area contributed by atoms with Crippen LogP contribution in [-0.2, 0) is 6.42 Å². The van der Waals surface area contributed by atoms with Crippen molar-refractivity contribution in [2.24, 2.45) is 0 Å².